The summed E-state index contributed by atoms with van der Waals surface area (Å²) in [7, 11) is -0.681. The van der Waals surface area contributed by atoms with Crippen LogP contribution in [0.3, 0.4) is 0 Å². The van der Waals surface area contributed by atoms with E-state index >= 15 is 0 Å². The van der Waals surface area contributed by atoms with E-state index in [0.29, 0.717) is 18.0 Å². The number of imidazole rings is 1. The summed E-state index contributed by atoms with van der Waals surface area (Å²) in [5.41, 5.74) is 0.984. The van der Waals surface area contributed by atoms with Gasteiger partial charge in [-0.05, 0) is 35.9 Å². The summed E-state index contributed by atoms with van der Waals surface area (Å²) in [6.07, 6.45) is 7.76. The van der Waals surface area contributed by atoms with E-state index in [1.54, 1.807) is 24.4 Å². The molecule has 0 unspecified atom stereocenters. The highest BCUT2D eigenvalue weighted by molar-refractivity contribution is 7.91. The van der Waals surface area contributed by atoms with Crippen LogP contribution in [0.2, 0.25) is 0 Å². The summed E-state index contributed by atoms with van der Waals surface area (Å²) in [6.45, 7) is 1.40. The molecule has 1 aromatic heterocycles. The van der Waals surface area contributed by atoms with Gasteiger partial charge in [0.1, 0.15) is 0 Å². The maximum atomic E-state index is 13.0. The fourth-order valence-corrected chi connectivity index (χ4v) is 4.55. The zero-order chi connectivity index (χ0) is 20.4. The smallest absolute Gasteiger partial charge is 0.210 e. The molecule has 0 saturated heterocycles. The van der Waals surface area contributed by atoms with Crippen LogP contribution in [0.4, 0.5) is 5.95 Å². The normalized spacial score (nSPS) is 13.2. The summed E-state index contributed by atoms with van der Waals surface area (Å²) >= 11 is 0. The van der Waals surface area contributed by atoms with Gasteiger partial charge in [-0.25, -0.2) is 13.4 Å². The zero-order valence-electron chi connectivity index (χ0n) is 16.1. The number of hydrogen-bond acceptors (Lipinski definition) is 6. The first kappa shape index (κ1) is 19.1. The lowest BCUT2D eigenvalue weighted by Crippen LogP contribution is -2.22. The van der Waals surface area contributed by atoms with Crippen molar-refractivity contribution in [1.29, 1.82) is 0 Å². The van der Waals surface area contributed by atoms with E-state index in [-0.39, 0.29) is 9.79 Å². The van der Waals surface area contributed by atoms with Crippen LogP contribution in [0.1, 0.15) is 5.56 Å². The molecule has 0 amide bonds. The SMILES string of the molecule is COc1ccc(S(=O)(=O)c2ccc(CN3C=CCn4ccnc43)cc2)cc1OC. The Kier molecular flexibility index (Phi) is 5.02. The van der Waals surface area contributed by atoms with Gasteiger partial charge >= 0.3 is 0 Å². The van der Waals surface area contributed by atoms with Crippen LogP contribution in [-0.2, 0) is 22.9 Å². The zero-order valence-corrected chi connectivity index (χ0v) is 17.0. The molecule has 0 N–H and O–H groups in total. The number of fused-ring (bicyclic) bond motifs is 1. The van der Waals surface area contributed by atoms with Gasteiger partial charge in [0.25, 0.3) is 0 Å². The van der Waals surface area contributed by atoms with Gasteiger partial charge < -0.3 is 18.9 Å². The van der Waals surface area contributed by atoms with Crippen LogP contribution in [0, 0.1) is 0 Å². The van der Waals surface area contributed by atoms with Crippen LogP contribution < -0.4 is 14.4 Å². The summed E-state index contributed by atoms with van der Waals surface area (Å²) in [6, 6.07) is 11.5. The van der Waals surface area contributed by atoms with E-state index in [0.717, 1.165) is 18.1 Å². The molecule has 4 rings (SSSR count). The van der Waals surface area contributed by atoms with Gasteiger partial charge in [0.15, 0.2) is 11.5 Å². The van der Waals surface area contributed by atoms with E-state index in [1.165, 1.54) is 26.4 Å². The van der Waals surface area contributed by atoms with Gasteiger partial charge in [0, 0.05) is 31.2 Å². The Bertz CT molecular complexity index is 1150. The molecule has 3 aromatic rings. The number of nitrogens with zero attached hydrogens (tertiary/aromatic N) is 3. The lowest BCUT2D eigenvalue weighted by molar-refractivity contribution is 0.354. The van der Waals surface area contributed by atoms with Gasteiger partial charge in [-0.2, -0.15) is 0 Å². The molecule has 0 bridgehead atoms. The third-order valence-corrected chi connectivity index (χ3v) is 6.56. The summed E-state index contributed by atoms with van der Waals surface area (Å²) in [4.78, 5) is 6.79. The third kappa shape index (κ3) is 3.58. The highest BCUT2D eigenvalue weighted by atomic mass is 32.2. The molecule has 0 atom stereocenters. The average molecular weight is 411 g/mol. The Morgan fingerprint density at radius 3 is 2.45 bits per heavy atom. The predicted molar refractivity (Wildman–Crippen MR) is 109 cm³/mol. The number of rotatable bonds is 6. The molecule has 0 aliphatic carbocycles. The molecule has 0 spiro atoms. The maximum absolute atomic E-state index is 13.0. The van der Waals surface area contributed by atoms with Crippen molar-refractivity contribution in [3.63, 3.8) is 0 Å². The van der Waals surface area contributed by atoms with Crippen molar-refractivity contribution in [1.82, 2.24) is 9.55 Å². The Hall–Kier alpha value is -3.26. The molecular weight excluding hydrogens is 390 g/mol. The maximum Gasteiger partial charge on any atom is 0.210 e. The second kappa shape index (κ2) is 7.63. The highest BCUT2D eigenvalue weighted by Crippen LogP contribution is 2.32. The predicted octanol–water partition coefficient (Wildman–Crippen LogP) is 3.27. The first-order valence-electron chi connectivity index (χ1n) is 9.03. The standard InChI is InChI=1S/C21H21N3O4S/c1-27-19-9-8-18(14-20(19)28-2)29(25,26)17-6-4-16(5-7-17)15-24-12-3-11-23-13-10-22-21(23)24/h3-10,12-14H,11,15H2,1-2H3. The van der Waals surface area contributed by atoms with Crippen LogP contribution in [0.5, 0.6) is 11.5 Å². The molecule has 29 heavy (non-hydrogen) atoms. The van der Waals surface area contributed by atoms with E-state index in [1.807, 2.05) is 29.4 Å². The van der Waals surface area contributed by atoms with Crippen molar-refractivity contribution < 1.29 is 17.9 Å². The first-order chi connectivity index (χ1) is 14.0. The molecule has 7 nitrogen and oxygen atoms in total. The quantitative estimate of drug-likeness (QED) is 0.620. The first-order valence-corrected chi connectivity index (χ1v) is 10.5. The Balaban J connectivity index is 1.57. The van der Waals surface area contributed by atoms with Crippen LogP contribution in [0.15, 0.2) is 76.9 Å². The molecule has 2 aromatic carbocycles. The molecule has 0 radical (unpaired) electrons. The topological polar surface area (TPSA) is 73.7 Å². The third-order valence-electron chi connectivity index (χ3n) is 4.79. The van der Waals surface area contributed by atoms with E-state index < -0.39 is 9.84 Å². The fourth-order valence-electron chi connectivity index (χ4n) is 3.27. The van der Waals surface area contributed by atoms with Crippen molar-refractivity contribution in [2.75, 3.05) is 19.1 Å². The summed E-state index contributed by atoms with van der Waals surface area (Å²) in [5.74, 6) is 1.72. The van der Waals surface area contributed by atoms with Crippen molar-refractivity contribution in [2.24, 2.45) is 0 Å². The van der Waals surface area contributed by atoms with Crippen LogP contribution >= 0.6 is 0 Å². The van der Waals surface area contributed by atoms with E-state index in [9.17, 15) is 8.42 Å². The Morgan fingerprint density at radius 1 is 1.00 bits per heavy atom. The van der Waals surface area contributed by atoms with Crippen molar-refractivity contribution in [3.05, 3.63) is 72.7 Å². The van der Waals surface area contributed by atoms with Crippen molar-refractivity contribution >= 4 is 15.8 Å². The minimum absolute atomic E-state index is 0.156. The fraction of sp³-hybridized carbons (Fsp3) is 0.190. The van der Waals surface area contributed by atoms with Gasteiger partial charge in [-0.15, -0.1) is 0 Å². The van der Waals surface area contributed by atoms with Crippen molar-refractivity contribution in [3.8, 4) is 11.5 Å². The molecule has 1 aliphatic heterocycles. The minimum atomic E-state index is -3.67. The Morgan fingerprint density at radius 2 is 1.72 bits per heavy atom. The largest absolute Gasteiger partial charge is 0.493 e. The minimum Gasteiger partial charge on any atom is -0.493 e. The second-order valence-electron chi connectivity index (χ2n) is 6.56. The molecule has 8 heteroatoms. The number of allylic oxidation sites excluding steroid dienone is 1. The molecule has 1 aliphatic rings. The van der Waals surface area contributed by atoms with Gasteiger partial charge in [0.05, 0.1) is 30.6 Å². The lowest BCUT2D eigenvalue weighted by atomic mass is 10.2. The summed E-state index contributed by atoms with van der Waals surface area (Å²) in [5, 5.41) is 0. The second-order valence-corrected chi connectivity index (χ2v) is 8.51. The molecular formula is C21H21N3O4S. The van der Waals surface area contributed by atoms with Gasteiger partial charge in [0.2, 0.25) is 15.8 Å². The van der Waals surface area contributed by atoms with Crippen LogP contribution in [-0.4, -0.2) is 32.2 Å². The lowest BCUT2D eigenvalue weighted by Gasteiger charge is -2.24. The number of ether oxygens (including phenoxy) is 2. The monoisotopic (exact) mass is 411 g/mol. The average Bonchev–Trinajstić information content (AvgIpc) is 3.23. The number of anilines is 1. The molecule has 150 valence electrons. The van der Waals surface area contributed by atoms with E-state index in [4.69, 9.17) is 9.47 Å². The van der Waals surface area contributed by atoms with Crippen molar-refractivity contribution in [2.45, 2.75) is 22.9 Å². The van der Waals surface area contributed by atoms with Gasteiger partial charge in [-0.1, -0.05) is 12.1 Å². The number of methoxy groups -OCH3 is 2. The molecule has 0 fully saturated rings. The van der Waals surface area contributed by atoms with Gasteiger partial charge in [-0.3, -0.25) is 0 Å². The number of hydrogen-bond donors (Lipinski definition) is 0. The number of aromatic nitrogens is 2. The summed E-state index contributed by atoms with van der Waals surface area (Å²) < 4.78 is 38.5. The number of sulfone groups is 1. The highest BCUT2D eigenvalue weighted by Gasteiger charge is 2.20. The van der Waals surface area contributed by atoms with E-state index in [2.05, 4.69) is 15.6 Å². The molecule has 2 heterocycles. The Labute approximate surface area is 169 Å². The number of benzene rings is 2. The molecule has 0 saturated carbocycles. The van der Waals surface area contributed by atoms with Crippen LogP contribution in [0.25, 0.3) is 0 Å².